The van der Waals surface area contributed by atoms with E-state index in [1.807, 2.05) is 0 Å². The maximum Gasteiger partial charge on any atom is 0.343 e. The average Bonchev–Trinajstić information content (AvgIpc) is 2.98. The molecule has 0 aliphatic heterocycles. The Balaban J connectivity index is 3.07. The largest absolute Gasteiger partial charge is 0.502 e. The van der Waals surface area contributed by atoms with Crippen molar-refractivity contribution in [2.75, 3.05) is 14.2 Å². The van der Waals surface area contributed by atoms with E-state index in [1.54, 1.807) is 6.07 Å². The highest BCUT2D eigenvalue weighted by Crippen LogP contribution is 2.45. The predicted molar refractivity (Wildman–Crippen MR) is 175 cm³/mol. The van der Waals surface area contributed by atoms with E-state index >= 15 is 0 Å². The highest BCUT2D eigenvalue weighted by atomic mass is 16.5. The Morgan fingerprint density at radius 1 is 0.628 bits per heavy atom. The maximum atomic E-state index is 12.2. The molecule has 3 N–H and O–H groups in total. The van der Waals surface area contributed by atoms with E-state index < -0.39 is 17.5 Å². The maximum absolute atomic E-state index is 12.2. The van der Waals surface area contributed by atoms with Gasteiger partial charge in [0.25, 0.3) is 0 Å². The van der Waals surface area contributed by atoms with Crippen LogP contribution in [-0.2, 0) is 16.0 Å². The van der Waals surface area contributed by atoms with Gasteiger partial charge in [-0.2, -0.15) is 0 Å². The molecule has 1 rings (SSSR count). The fourth-order valence-corrected chi connectivity index (χ4v) is 5.88. The number of ether oxygens (including phenoxy) is 2. The van der Waals surface area contributed by atoms with Crippen molar-refractivity contribution in [2.45, 2.75) is 155 Å². The summed E-state index contributed by atoms with van der Waals surface area (Å²) in [5.74, 6) is -2.73. The van der Waals surface area contributed by atoms with Crippen LogP contribution in [-0.4, -0.2) is 41.5 Å². The number of benzene rings is 1. The Morgan fingerprint density at radius 3 is 1.44 bits per heavy atom. The van der Waals surface area contributed by atoms with Gasteiger partial charge in [0.2, 0.25) is 5.75 Å². The molecule has 1 aromatic carbocycles. The second-order valence-corrected chi connectivity index (χ2v) is 11.8. The Kier molecular flexibility index (Phi) is 21.1. The molecule has 0 radical (unpaired) electrons. The number of phenols is 1. The molecule has 0 aliphatic carbocycles. The molecular formula is C36H60O7. The van der Waals surface area contributed by atoms with Gasteiger partial charge in [-0.05, 0) is 42.9 Å². The van der Waals surface area contributed by atoms with Gasteiger partial charge >= 0.3 is 11.9 Å². The molecule has 0 saturated carbocycles. The minimum Gasteiger partial charge on any atom is -0.502 e. The smallest absolute Gasteiger partial charge is 0.343 e. The van der Waals surface area contributed by atoms with Crippen molar-refractivity contribution < 1.29 is 34.4 Å². The Bertz CT molecular complexity index is 951. The van der Waals surface area contributed by atoms with Crippen LogP contribution in [0.4, 0.5) is 0 Å². The van der Waals surface area contributed by atoms with Gasteiger partial charge in [0, 0.05) is 5.56 Å². The first-order valence-electron chi connectivity index (χ1n) is 17.0. The van der Waals surface area contributed by atoms with Gasteiger partial charge in [-0.3, -0.25) is 0 Å². The lowest BCUT2D eigenvalue weighted by molar-refractivity contribution is -0.140. The topological polar surface area (TPSA) is 113 Å². The van der Waals surface area contributed by atoms with Gasteiger partial charge < -0.3 is 24.8 Å². The lowest BCUT2D eigenvalue weighted by Gasteiger charge is -2.21. The molecule has 0 bridgehead atoms. The van der Waals surface area contributed by atoms with Crippen LogP contribution in [0.15, 0.2) is 11.6 Å². The quantitative estimate of drug-likeness (QED) is 0.0396. The van der Waals surface area contributed by atoms with E-state index in [0.29, 0.717) is 30.4 Å². The zero-order chi connectivity index (χ0) is 31.9. The Hall–Kier alpha value is -2.70. The van der Waals surface area contributed by atoms with Crippen LogP contribution < -0.4 is 9.47 Å². The predicted octanol–water partition coefficient (Wildman–Crippen LogP) is 10.1. The number of methoxy groups -OCH3 is 2. The molecule has 1 aromatic rings. The fraction of sp³-hybridized carbons (Fsp3) is 0.722. The number of allylic oxidation sites excluding steroid dienone is 1. The zero-order valence-corrected chi connectivity index (χ0v) is 27.6. The van der Waals surface area contributed by atoms with Crippen molar-refractivity contribution in [1.82, 2.24) is 0 Å². The minimum atomic E-state index is -1.47. The number of phenolic OH excluding ortho intramolecular Hbond substituents is 1. The molecule has 7 nitrogen and oxygen atoms in total. The minimum absolute atomic E-state index is 0.134. The van der Waals surface area contributed by atoms with E-state index in [4.69, 9.17) is 9.47 Å². The summed E-state index contributed by atoms with van der Waals surface area (Å²) < 4.78 is 11.0. The van der Waals surface area contributed by atoms with Crippen LogP contribution in [0.2, 0.25) is 0 Å². The van der Waals surface area contributed by atoms with Gasteiger partial charge in [-0.1, -0.05) is 129 Å². The zero-order valence-electron chi connectivity index (χ0n) is 27.6. The van der Waals surface area contributed by atoms with Crippen molar-refractivity contribution in [3.8, 4) is 17.2 Å². The highest BCUT2D eigenvalue weighted by Gasteiger charge is 2.28. The number of rotatable bonds is 27. The molecule has 7 heteroatoms. The molecule has 0 aromatic heterocycles. The molecule has 0 atom stereocenters. The SMILES string of the molecule is CCCCCCCCCCCCC(=C(C(=O)O)C(=O)O)c1cc(OC)c(O)c(OC)c1CCCCCCCCCCCC. The first kappa shape index (κ1) is 38.3. The summed E-state index contributed by atoms with van der Waals surface area (Å²) >= 11 is 0. The molecule has 0 saturated heterocycles. The molecule has 0 aliphatic rings. The monoisotopic (exact) mass is 604 g/mol. The van der Waals surface area contributed by atoms with E-state index in [1.165, 1.54) is 97.7 Å². The van der Waals surface area contributed by atoms with Crippen LogP contribution in [0.5, 0.6) is 17.2 Å². The van der Waals surface area contributed by atoms with Crippen molar-refractivity contribution >= 4 is 17.5 Å². The number of aromatic hydroxyl groups is 1. The van der Waals surface area contributed by atoms with Crippen molar-refractivity contribution in [3.05, 3.63) is 22.8 Å². The summed E-state index contributed by atoms with van der Waals surface area (Å²) in [6.07, 6.45) is 23.9. The lowest BCUT2D eigenvalue weighted by atomic mass is 9.87. The van der Waals surface area contributed by atoms with Gasteiger partial charge in [0.1, 0.15) is 5.57 Å². The average molecular weight is 605 g/mol. The van der Waals surface area contributed by atoms with Crippen LogP contribution >= 0.6 is 0 Å². The van der Waals surface area contributed by atoms with E-state index in [9.17, 15) is 24.9 Å². The van der Waals surface area contributed by atoms with Gasteiger partial charge in [0.15, 0.2) is 11.5 Å². The van der Waals surface area contributed by atoms with Crippen molar-refractivity contribution in [2.24, 2.45) is 0 Å². The molecule has 0 heterocycles. The number of carboxylic acids is 2. The second-order valence-electron chi connectivity index (χ2n) is 11.8. The molecule has 0 fully saturated rings. The van der Waals surface area contributed by atoms with Crippen molar-refractivity contribution in [3.63, 3.8) is 0 Å². The number of hydrogen-bond donors (Lipinski definition) is 3. The Morgan fingerprint density at radius 2 is 1.05 bits per heavy atom. The fourth-order valence-electron chi connectivity index (χ4n) is 5.88. The molecule has 246 valence electrons. The summed E-state index contributed by atoms with van der Waals surface area (Å²) in [6.45, 7) is 4.44. The molecular weight excluding hydrogens is 544 g/mol. The molecule has 43 heavy (non-hydrogen) atoms. The number of unbranched alkanes of at least 4 members (excludes halogenated alkanes) is 18. The normalized spacial score (nSPS) is 11.0. The third-order valence-electron chi connectivity index (χ3n) is 8.36. The van der Waals surface area contributed by atoms with E-state index in [-0.39, 0.29) is 22.8 Å². The number of hydrogen-bond acceptors (Lipinski definition) is 5. The third kappa shape index (κ3) is 14.6. The van der Waals surface area contributed by atoms with Crippen LogP contribution in [0.3, 0.4) is 0 Å². The van der Waals surface area contributed by atoms with Gasteiger partial charge in [0.05, 0.1) is 14.2 Å². The highest BCUT2D eigenvalue weighted by molar-refractivity contribution is 6.19. The molecule has 0 unspecified atom stereocenters. The van der Waals surface area contributed by atoms with E-state index in [0.717, 1.165) is 38.5 Å². The first-order chi connectivity index (χ1) is 20.8. The summed E-state index contributed by atoms with van der Waals surface area (Å²) in [5, 5.41) is 30.8. The van der Waals surface area contributed by atoms with Gasteiger partial charge in [-0.15, -0.1) is 0 Å². The first-order valence-corrected chi connectivity index (χ1v) is 17.0. The lowest BCUT2D eigenvalue weighted by Crippen LogP contribution is -2.15. The van der Waals surface area contributed by atoms with Crippen LogP contribution in [0.25, 0.3) is 5.57 Å². The van der Waals surface area contributed by atoms with E-state index in [2.05, 4.69) is 13.8 Å². The summed E-state index contributed by atoms with van der Waals surface area (Å²) in [7, 11) is 2.88. The standard InChI is InChI=1S/C36H60O7/c1-5-7-9-11-13-15-17-19-21-23-25-28(32(35(38)39)36(40)41)30-27-31(42-3)33(37)34(43-4)29(30)26-24-22-20-18-16-14-12-10-8-6-2/h27,37H,5-26H2,1-4H3,(H,38,39)(H,40,41). The van der Waals surface area contributed by atoms with Crippen LogP contribution in [0, 0.1) is 0 Å². The van der Waals surface area contributed by atoms with Gasteiger partial charge in [-0.25, -0.2) is 9.59 Å². The number of aliphatic carboxylic acids is 2. The molecule has 0 amide bonds. The molecule has 0 spiro atoms. The number of carboxylic acid groups (broad SMARTS) is 2. The van der Waals surface area contributed by atoms with Crippen molar-refractivity contribution in [1.29, 1.82) is 0 Å². The second kappa shape index (κ2) is 23.7. The van der Waals surface area contributed by atoms with Crippen LogP contribution in [0.1, 0.15) is 160 Å². The summed E-state index contributed by atoms with van der Waals surface area (Å²) in [5.41, 5.74) is 0.758. The third-order valence-corrected chi connectivity index (χ3v) is 8.36. The summed E-state index contributed by atoms with van der Waals surface area (Å²) in [4.78, 5) is 24.4. The number of carbonyl (C=O) groups is 2. The Labute approximate surface area is 261 Å². The summed E-state index contributed by atoms with van der Waals surface area (Å²) in [6, 6.07) is 1.58.